The molecule has 128 valence electrons. The van der Waals surface area contributed by atoms with E-state index in [1.807, 2.05) is 0 Å². The molecule has 0 radical (unpaired) electrons. The Balaban J connectivity index is 1.78. The largest absolute Gasteiger partial charge is 0.410 e. The van der Waals surface area contributed by atoms with Crippen molar-refractivity contribution in [1.29, 1.82) is 0 Å². The number of nitrogens with zero attached hydrogens (tertiary/aromatic N) is 4. The van der Waals surface area contributed by atoms with Crippen LogP contribution >= 0.6 is 0 Å². The molecule has 2 aliphatic heterocycles. The molecule has 0 N–H and O–H groups in total. The molecule has 0 aliphatic carbocycles. The lowest BCUT2D eigenvalue weighted by molar-refractivity contribution is -0.658. The van der Waals surface area contributed by atoms with Crippen molar-refractivity contribution in [3.63, 3.8) is 0 Å². The van der Waals surface area contributed by atoms with Crippen molar-refractivity contribution in [2.75, 3.05) is 0 Å². The van der Waals surface area contributed by atoms with Gasteiger partial charge < -0.3 is 0 Å². The Hall–Kier alpha value is -3.08. The lowest BCUT2D eigenvalue weighted by Gasteiger charge is -2.28. The molecule has 6 rings (SSSR count). The van der Waals surface area contributed by atoms with Crippen LogP contribution in [0.4, 0.5) is 0 Å². The maximum absolute atomic E-state index is 4.72. The zero-order chi connectivity index (χ0) is 18.1. The highest BCUT2D eigenvalue weighted by Crippen LogP contribution is 2.23. The van der Waals surface area contributed by atoms with Gasteiger partial charge in [-0.3, -0.25) is 0 Å². The summed E-state index contributed by atoms with van der Waals surface area (Å²) in [5.74, 6) is 0. The molecule has 2 aliphatic rings. The van der Waals surface area contributed by atoms with E-state index in [9.17, 15) is 0 Å². The van der Waals surface area contributed by atoms with E-state index in [-0.39, 0.29) is 6.71 Å². The normalized spacial score (nSPS) is 13.9. The van der Waals surface area contributed by atoms with Gasteiger partial charge in [0.05, 0.1) is 0 Å². The van der Waals surface area contributed by atoms with Gasteiger partial charge in [0.15, 0.2) is 23.6 Å². The Kier molecular flexibility index (Phi) is 2.91. The molecule has 4 aromatic rings. The monoisotopic (exact) mass is 350 g/mol. The molecule has 0 spiro atoms. The highest BCUT2D eigenvalue weighted by Gasteiger charge is 2.49. The van der Waals surface area contributed by atoms with Crippen molar-refractivity contribution < 1.29 is 9.13 Å². The van der Waals surface area contributed by atoms with E-state index in [1.165, 1.54) is 49.9 Å². The van der Waals surface area contributed by atoms with Crippen LogP contribution in [0.15, 0.2) is 55.1 Å². The minimum atomic E-state index is 0.185. The third kappa shape index (κ3) is 1.94. The van der Waals surface area contributed by atoms with Gasteiger partial charge in [0.2, 0.25) is 0 Å². The van der Waals surface area contributed by atoms with Crippen LogP contribution in [0.2, 0.25) is 0 Å². The number of benzene rings is 1. The minimum absolute atomic E-state index is 0.185. The average Bonchev–Trinajstić information content (AvgIpc) is 2.68. The maximum Gasteiger partial charge on any atom is 0.410 e. The standard InChI is InChI=1S/C22H19BN4/c1-26-9-5-7-14-10-18-20-19(25-13-24-18)11-17-16-8-4-3-6-15(16)12-27(2)22(17)23(20)21(14)26/h3-9,12-13H,10-11H2,1-2H3/q+2. The first-order chi connectivity index (χ1) is 13.2. The van der Waals surface area contributed by atoms with Crippen LogP contribution in [-0.4, -0.2) is 16.7 Å². The van der Waals surface area contributed by atoms with Crippen LogP contribution < -0.4 is 25.8 Å². The first kappa shape index (κ1) is 15.0. The predicted octanol–water partition coefficient (Wildman–Crippen LogP) is -0.397. The molecule has 0 saturated heterocycles. The first-order valence-corrected chi connectivity index (χ1v) is 9.42. The molecule has 1 aromatic carbocycles. The Labute approximate surface area is 158 Å². The smallest absolute Gasteiger partial charge is 0.242 e. The summed E-state index contributed by atoms with van der Waals surface area (Å²) in [6.45, 7) is 0.185. The molecule has 4 nitrogen and oxygen atoms in total. The third-order valence-electron chi connectivity index (χ3n) is 6.21. The molecular weight excluding hydrogens is 331 g/mol. The number of aromatic nitrogens is 4. The SMILES string of the molecule is C[n+]1cccc2c1B1c3c(ncnc3Cc3c1[n+](C)cc1ccccc31)C2. The lowest BCUT2D eigenvalue weighted by Crippen LogP contribution is -2.75. The second kappa shape index (κ2) is 5.23. The third-order valence-corrected chi connectivity index (χ3v) is 6.21. The van der Waals surface area contributed by atoms with Crippen LogP contribution in [0.25, 0.3) is 10.8 Å². The van der Waals surface area contributed by atoms with E-state index < -0.39 is 0 Å². The number of pyridine rings is 2. The zero-order valence-corrected chi connectivity index (χ0v) is 15.5. The van der Waals surface area contributed by atoms with Gasteiger partial charge in [-0.15, -0.1) is 0 Å². The van der Waals surface area contributed by atoms with Gasteiger partial charge in [-0.1, -0.05) is 18.2 Å². The maximum atomic E-state index is 4.72. The van der Waals surface area contributed by atoms with Crippen LogP contribution in [0.1, 0.15) is 22.5 Å². The first-order valence-electron chi connectivity index (χ1n) is 9.42. The number of aryl methyl sites for hydroxylation is 2. The Morgan fingerprint density at radius 1 is 0.889 bits per heavy atom. The second-order valence-corrected chi connectivity index (χ2v) is 7.69. The van der Waals surface area contributed by atoms with E-state index in [4.69, 9.17) is 4.98 Å². The summed E-state index contributed by atoms with van der Waals surface area (Å²) in [5, 5.41) is 2.62. The fourth-order valence-corrected chi connectivity index (χ4v) is 5.14. The molecule has 0 fully saturated rings. The van der Waals surface area contributed by atoms with E-state index in [0.29, 0.717) is 0 Å². The van der Waals surface area contributed by atoms with Gasteiger partial charge >= 0.3 is 6.71 Å². The Morgan fingerprint density at radius 3 is 2.59 bits per heavy atom. The van der Waals surface area contributed by atoms with E-state index in [0.717, 1.165) is 12.8 Å². The number of rotatable bonds is 0. The zero-order valence-electron chi connectivity index (χ0n) is 15.5. The number of hydrogen-bond donors (Lipinski definition) is 0. The summed E-state index contributed by atoms with van der Waals surface area (Å²) in [4.78, 5) is 9.40. The molecule has 0 amide bonds. The quantitative estimate of drug-likeness (QED) is 0.276. The summed E-state index contributed by atoms with van der Waals surface area (Å²) >= 11 is 0. The van der Waals surface area contributed by atoms with Crippen LogP contribution in [0.3, 0.4) is 0 Å². The molecule has 0 unspecified atom stereocenters. The van der Waals surface area contributed by atoms with Gasteiger partial charge in [0.25, 0.3) is 0 Å². The van der Waals surface area contributed by atoms with Crippen LogP contribution in [0.5, 0.6) is 0 Å². The molecule has 0 saturated carbocycles. The fourth-order valence-electron chi connectivity index (χ4n) is 5.14. The summed E-state index contributed by atoms with van der Waals surface area (Å²) in [5.41, 5.74) is 9.20. The molecule has 0 atom stereocenters. The van der Waals surface area contributed by atoms with Gasteiger partial charge in [-0.05, 0) is 23.0 Å². The molecule has 5 heterocycles. The van der Waals surface area contributed by atoms with Gasteiger partial charge in [0, 0.05) is 46.8 Å². The van der Waals surface area contributed by atoms with E-state index in [2.05, 4.69) is 77.0 Å². The molecule has 0 bridgehead atoms. The molecule has 27 heavy (non-hydrogen) atoms. The average molecular weight is 350 g/mol. The van der Waals surface area contributed by atoms with Crippen molar-refractivity contribution in [3.05, 3.63) is 77.6 Å². The van der Waals surface area contributed by atoms with Crippen molar-refractivity contribution in [2.24, 2.45) is 14.1 Å². The van der Waals surface area contributed by atoms with Gasteiger partial charge in [-0.2, -0.15) is 0 Å². The minimum Gasteiger partial charge on any atom is -0.242 e. The lowest BCUT2D eigenvalue weighted by atomic mass is 9.34. The summed E-state index contributed by atoms with van der Waals surface area (Å²) in [6.07, 6.45) is 7.92. The van der Waals surface area contributed by atoms with Crippen molar-refractivity contribution in [2.45, 2.75) is 12.8 Å². The summed E-state index contributed by atoms with van der Waals surface area (Å²) < 4.78 is 4.61. The number of fused-ring (bicyclic) bond motifs is 6. The van der Waals surface area contributed by atoms with Crippen LogP contribution in [-0.2, 0) is 26.9 Å². The molecular formula is C22H19BN4+2. The second-order valence-electron chi connectivity index (χ2n) is 7.69. The highest BCUT2D eigenvalue weighted by molar-refractivity contribution is 6.95. The van der Waals surface area contributed by atoms with Crippen LogP contribution in [0, 0.1) is 0 Å². The van der Waals surface area contributed by atoms with E-state index >= 15 is 0 Å². The van der Waals surface area contributed by atoms with Crippen molar-refractivity contribution in [1.82, 2.24) is 9.97 Å². The number of hydrogen-bond acceptors (Lipinski definition) is 2. The van der Waals surface area contributed by atoms with Gasteiger partial charge in [-0.25, -0.2) is 19.1 Å². The molecule has 3 aromatic heterocycles. The van der Waals surface area contributed by atoms with Crippen molar-refractivity contribution in [3.8, 4) is 0 Å². The van der Waals surface area contributed by atoms with Gasteiger partial charge in [0.1, 0.15) is 20.4 Å². The fraction of sp³-hybridized carbons (Fsp3) is 0.182. The predicted molar refractivity (Wildman–Crippen MR) is 105 cm³/mol. The summed E-state index contributed by atoms with van der Waals surface area (Å²) in [7, 11) is 4.33. The van der Waals surface area contributed by atoms with E-state index in [1.54, 1.807) is 6.33 Å². The topological polar surface area (TPSA) is 33.5 Å². The van der Waals surface area contributed by atoms with Crippen molar-refractivity contribution >= 4 is 34.1 Å². The highest BCUT2D eigenvalue weighted by atomic mass is 15.0. The summed E-state index contributed by atoms with van der Waals surface area (Å²) in [6, 6.07) is 13.1. The Morgan fingerprint density at radius 2 is 1.70 bits per heavy atom. The Bertz CT molecular complexity index is 1250. The molecule has 5 heteroatoms.